The highest BCUT2D eigenvalue weighted by molar-refractivity contribution is 7.98. The molecule has 0 atom stereocenters. The number of thioether (sulfide) groups is 1. The molecule has 2 rings (SSSR count). The average Bonchev–Trinajstić information content (AvgIpc) is 2.91. The van der Waals surface area contributed by atoms with Gasteiger partial charge in [-0.2, -0.15) is 0 Å². The minimum absolute atomic E-state index is 0.252. The molecule has 1 aromatic heterocycles. The lowest BCUT2D eigenvalue weighted by Crippen LogP contribution is -2.16. The van der Waals surface area contributed by atoms with Crippen molar-refractivity contribution in [1.29, 1.82) is 0 Å². The summed E-state index contributed by atoms with van der Waals surface area (Å²) in [6.07, 6.45) is 0. The number of aromatic nitrogens is 3. The summed E-state index contributed by atoms with van der Waals surface area (Å²) in [6.45, 7) is 2.39. The van der Waals surface area contributed by atoms with E-state index in [1.54, 1.807) is 25.3 Å². The molecule has 22 heavy (non-hydrogen) atoms. The average molecular weight is 323 g/mol. The van der Waals surface area contributed by atoms with Gasteiger partial charge in [0.25, 0.3) is 0 Å². The van der Waals surface area contributed by atoms with Gasteiger partial charge in [0.2, 0.25) is 0 Å². The second kappa shape index (κ2) is 7.17. The van der Waals surface area contributed by atoms with Crippen LogP contribution >= 0.6 is 11.8 Å². The molecule has 7 nitrogen and oxygen atoms in total. The largest absolute Gasteiger partial charge is 0.496 e. The van der Waals surface area contributed by atoms with E-state index in [1.165, 1.54) is 23.4 Å². The zero-order valence-corrected chi connectivity index (χ0v) is 13.4. The zero-order chi connectivity index (χ0) is 16.1. The molecule has 0 unspecified atom stereocenters. The van der Waals surface area contributed by atoms with Crippen molar-refractivity contribution in [2.75, 3.05) is 14.2 Å². The molecule has 0 aliphatic heterocycles. The normalized spacial score (nSPS) is 10.5. The maximum absolute atomic E-state index is 11.9. The first-order valence-electron chi connectivity index (χ1n) is 6.64. The molecule has 1 N–H and O–H groups in total. The molecule has 8 heteroatoms. The van der Waals surface area contributed by atoms with Crippen molar-refractivity contribution in [1.82, 2.24) is 14.8 Å². The summed E-state index contributed by atoms with van der Waals surface area (Å²) in [5.74, 6) is 0.597. The lowest BCUT2D eigenvalue weighted by atomic mass is 10.1. The van der Waals surface area contributed by atoms with Gasteiger partial charge in [0.15, 0.2) is 5.16 Å². The lowest BCUT2D eigenvalue weighted by Gasteiger charge is -2.12. The van der Waals surface area contributed by atoms with Crippen LogP contribution < -0.4 is 10.4 Å². The van der Waals surface area contributed by atoms with Gasteiger partial charge in [-0.15, -0.1) is 5.10 Å². The Bertz CT molecular complexity index is 723. The highest BCUT2D eigenvalue weighted by Crippen LogP contribution is 2.29. The lowest BCUT2D eigenvalue weighted by molar-refractivity contribution is 0.0599. The zero-order valence-electron chi connectivity index (χ0n) is 12.6. The number of rotatable bonds is 6. The molecule has 0 radical (unpaired) electrons. The molecular formula is C14H17N3O4S. The standard InChI is InChI=1S/C14H17N3O4S/c1-4-17-13(19)15-16-14(17)22-8-10-9(12(18)21-3)6-5-7-11(10)20-2/h5-7H,4,8H2,1-3H3,(H,15,19). The van der Waals surface area contributed by atoms with Crippen LogP contribution in [0.1, 0.15) is 22.8 Å². The van der Waals surface area contributed by atoms with Crippen LogP contribution in [0.15, 0.2) is 28.2 Å². The summed E-state index contributed by atoms with van der Waals surface area (Å²) < 4.78 is 11.6. The topological polar surface area (TPSA) is 86.2 Å². The third-order valence-corrected chi connectivity index (χ3v) is 4.15. The Kier molecular flexibility index (Phi) is 5.26. The van der Waals surface area contributed by atoms with E-state index in [-0.39, 0.29) is 5.69 Å². The molecule has 0 aliphatic carbocycles. The first kappa shape index (κ1) is 16.2. The van der Waals surface area contributed by atoms with Crippen LogP contribution in [0, 0.1) is 0 Å². The number of methoxy groups -OCH3 is 2. The van der Waals surface area contributed by atoms with Gasteiger partial charge in [-0.3, -0.25) is 4.57 Å². The maximum Gasteiger partial charge on any atom is 0.343 e. The summed E-state index contributed by atoms with van der Waals surface area (Å²) in [5, 5.41) is 6.96. The highest BCUT2D eigenvalue weighted by Gasteiger charge is 2.17. The Morgan fingerprint density at radius 1 is 1.41 bits per heavy atom. The third-order valence-electron chi connectivity index (χ3n) is 3.14. The highest BCUT2D eigenvalue weighted by atomic mass is 32.2. The molecule has 0 spiro atoms. The molecule has 0 bridgehead atoms. The van der Waals surface area contributed by atoms with E-state index in [0.717, 1.165) is 0 Å². The van der Waals surface area contributed by atoms with E-state index in [0.29, 0.717) is 34.3 Å². The van der Waals surface area contributed by atoms with Gasteiger partial charge in [-0.25, -0.2) is 14.7 Å². The number of carbonyl (C=O) groups excluding carboxylic acids is 1. The van der Waals surface area contributed by atoms with Crippen LogP contribution in [-0.2, 0) is 17.0 Å². The number of hydrogen-bond acceptors (Lipinski definition) is 6. The molecule has 2 aromatic rings. The predicted molar refractivity (Wildman–Crippen MR) is 82.4 cm³/mol. The van der Waals surface area contributed by atoms with Gasteiger partial charge in [0.05, 0.1) is 19.8 Å². The minimum Gasteiger partial charge on any atom is -0.496 e. The van der Waals surface area contributed by atoms with E-state index in [9.17, 15) is 9.59 Å². The van der Waals surface area contributed by atoms with E-state index in [1.807, 2.05) is 6.92 Å². The van der Waals surface area contributed by atoms with Crippen molar-refractivity contribution in [3.8, 4) is 5.75 Å². The summed E-state index contributed by atoms with van der Waals surface area (Å²) in [5.41, 5.74) is 0.897. The number of carbonyl (C=O) groups is 1. The summed E-state index contributed by atoms with van der Waals surface area (Å²) in [6, 6.07) is 5.19. The Hall–Kier alpha value is -2.22. The van der Waals surface area contributed by atoms with Crippen molar-refractivity contribution in [3.63, 3.8) is 0 Å². The van der Waals surface area contributed by atoms with Crippen LogP contribution in [-0.4, -0.2) is 35.0 Å². The Morgan fingerprint density at radius 3 is 2.82 bits per heavy atom. The number of aromatic amines is 1. The molecule has 0 fully saturated rings. The van der Waals surface area contributed by atoms with Crippen LogP contribution in [0.2, 0.25) is 0 Å². The molecule has 1 aromatic carbocycles. The molecule has 0 saturated carbocycles. The Morgan fingerprint density at radius 2 is 2.18 bits per heavy atom. The van der Waals surface area contributed by atoms with E-state index in [4.69, 9.17) is 9.47 Å². The molecule has 0 saturated heterocycles. The van der Waals surface area contributed by atoms with Crippen LogP contribution in [0.4, 0.5) is 0 Å². The number of nitrogens with one attached hydrogen (secondary N) is 1. The molecule has 1 heterocycles. The number of esters is 1. The van der Waals surface area contributed by atoms with Crippen molar-refractivity contribution in [2.24, 2.45) is 0 Å². The molecular weight excluding hydrogens is 306 g/mol. The van der Waals surface area contributed by atoms with Crippen molar-refractivity contribution in [2.45, 2.75) is 24.4 Å². The number of H-pyrrole nitrogens is 1. The fraction of sp³-hybridized carbons (Fsp3) is 0.357. The molecule has 0 amide bonds. The second-order valence-corrected chi connectivity index (χ2v) is 5.26. The SMILES string of the molecule is CCn1c(SCc2c(OC)cccc2C(=O)OC)n[nH]c1=O. The number of ether oxygens (including phenoxy) is 2. The smallest absolute Gasteiger partial charge is 0.343 e. The predicted octanol–water partition coefficient (Wildman–Crippen LogP) is 1.68. The monoisotopic (exact) mass is 323 g/mol. The molecule has 0 aliphatic rings. The third kappa shape index (κ3) is 3.16. The van der Waals surface area contributed by atoms with Crippen LogP contribution in [0.5, 0.6) is 5.75 Å². The van der Waals surface area contributed by atoms with E-state index < -0.39 is 5.97 Å². The fourth-order valence-corrected chi connectivity index (χ4v) is 3.09. The van der Waals surface area contributed by atoms with Crippen molar-refractivity contribution in [3.05, 3.63) is 39.8 Å². The van der Waals surface area contributed by atoms with Crippen molar-refractivity contribution >= 4 is 17.7 Å². The van der Waals surface area contributed by atoms with Gasteiger partial charge in [-0.05, 0) is 19.1 Å². The van der Waals surface area contributed by atoms with Gasteiger partial charge >= 0.3 is 11.7 Å². The van der Waals surface area contributed by atoms with Crippen LogP contribution in [0.3, 0.4) is 0 Å². The summed E-state index contributed by atoms with van der Waals surface area (Å²) >= 11 is 1.35. The maximum atomic E-state index is 11.9. The Balaban J connectivity index is 2.32. The first-order chi connectivity index (χ1) is 10.6. The quantitative estimate of drug-likeness (QED) is 0.643. The fourth-order valence-electron chi connectivity index (χ4n) is 2.04. The second-order valence-electron chi connectivity index (χ2n) is 4.32. The van der Waals surface area contributed by atoms with Gasteiger partial charge in [0, 0.05) is 17.9 Å². The number of benzene rings is 1. The summed E-state index contributed by atoms with van der Waals surface area (Å²) in [4.78, 5) is 23.4. The van der Waals surface area contributed by atoms with Gasteiger partial charge < -0.3 is 9.47 Å². The van der Waals surface area contributed by atoms with E-state index in [2.05, 4.69) is 10.2 Å². The number of nitrogens with zero attached hydrogens (tertiary/aromatic N) is 2. The summed E-state index contributed by atoms with van der Waals surface area (Å²) in [7, 11) is 2.88. The van der Waals surface area contributed by atoms with Gasteiger partial charge in [0.1, 0.15) is 5.75 Å². The Labute approximate surface area is 131 Å². The van der Waals surface area contributed by atoms with Crippen LogP contribution in [0.25, 0.3) is 0 Å². The van der Waals surface area contributed by atoms with E-state index >= 15 is 0 Å². The minimum atomic E-state index is -0.426. The van der Waals surface area contributed by atoms with Crippen molar-refractivity contribution < 1.29 is 14.3 Å². The first-order valence-corrected chi connectivity index (χ1v) is 7.63. The number of hydrogen-bond donors (Lipinski definition) is 1. The molecule has 118 valence electrons. The van der Waals surface area contributed by atoms with Gasteiger partial charge in [-0.1, -0.05) is 17.8 Å².